The van der Waals surface area contributed by atoms with Crippen LogP contribution in [0.3, 0.4) is 0 Å². The topological polar surface area (TPSA) is 80.4 Å². The van der Waals surface area contributed by atoms with E-state index in [-0.39, 0.29) is 11.3 Å². The Morgan fingerprint density at radius 1 is 1.38 bits per heavy atom. The fourth-order valence-electron chi connectivity index (χ4n) is 1.66. The van der Waals surface area contributed by atoms with E-state index in [4.69, 9.17) is 5.11 Å². The third-order valence-corrected chi connectivity index (χ3v) is 4.25. The molecule has 0 amide bonds. The van der Waals surface area contributed by atoms with E-state index in [2.05, 4.69) is 0 Å². The average Bonchev–Trinajstić information content (AvgIpc) is 2.15. The number of carbonyl (C=O) groups is 1. The minimum atomic E-state index is -2.07. The van der Waals surface area contributed by atoms with Crippen LogP contribution in [0.25, 0.3) is 0 Å². The van der Waals surface area contributed by atoms with Gasteiger partial charge in [0.2, 0.25) is 0 Å². The van der Waals surface area contributed by atoms with Gasteiger partial charge in [-0.05, 0) is 6.07 Å². The first-order valence-corrected chi connectivity index (χ1v) is 8.26. The Labute approximate surface area is 93.9 Å². The summed E-state index contributed by atoms with van der Waals surface area (Å²) in [7, 11) is -2.07. The lowest BCUT2D eigenvalue weighted by atomic mass is 10.2. The van der Waals surface area contributed by atoms with E-state index in [0.717, 1.165) is 0 Å². The summed E-state index contributed by atoms with van der Waals surface area (Å²) in [5.41, 5.74) is -0.0348. The molecule has 1 N–H and O–H groups in total. The average molecular weight is 239 g/mol. The molecule has 0 heterocycles. The Morgan fingerprint density at radius 2 is 1.94 bits per heavy atom. The maximum Gasteiger partial charge on any atom is 0.335 e. The molecule has 0 radical (unpaired) electrons. The van der Waals surface area contributed by atoms with Crippen molar-refractivity contribution in [3.8, 4) is 0 Å². The van der Waals surface area contributed by atoms with Crippen molar-refractivity contribution in [2.45, 2.75) is 19.6 Å². The van der Waals surface area contributed by atoms with Gasteiger partial charge in [0.15, 0.2) is 0 Å². The van der Waals surface area contributed by atoms with Crippen molar-refractivity contribution in [3.05, 3.63) is 33.9 Å². The Morgan fingerprint density at radius 3 is 2.31 bits per heavy atom. The quantitative estimate of drug-likeness (QED) is 0.496. The molecular weight excluding hydrogens is 226 g/mol. The second-order valence-electron chi connectivity index (χ2n) is 4.51. The summed E-state index contributed by atoms with van der Waals surface area (Å²) in [6.07, 6.45) is 0. The van der Waals surface area contributed by atoms with Crippen molar-refractivity contribution < 1.29 is 14.8 Å². The van der Waals surface area contributed by atoms with Crippen LogP contribution in [0.4, 0.5) is 5.69 Å². The number of aromatic carboxylic acids is 1. The Kier molecular flexibility index (Phi) is 3.13. The molecule has 0 aliphatic rings. The molecule has 0 spiro atoms. The fourth-order valence-corrected chi connectivity index (χ4v) is 3.60. The van der Waals surface area contributed by atoms with Crippen molar-refractivity contribution in [3.63, 3.8) is 0 Å². The molecule has 0 atom stereocenters. The summed E-state index contributed by atoms with van der Waals surface area (Å²) < 4.78 is 0. The van der Waals surface area contributed by atoms with E-state index < -0.39 is 19.0 Å². The zero-order valence-electron chi connectivity index (χ0n) is 9.35. The molecule has 0 bridgehead atoms. The van der Waals surface area contributed by atoms with E-state index in [1.807, 2.05) is 19.6 Å². The molecule has 0 aliphatic carbocycles. The van der Waals surface area contributed by atoms with Crippen LogP contribution in [0.5, 0.6) is 0 Å². The maximum absolute atomic E-state index is 11.0. The van der Waals surface area contributed by atoms with Gasteiger partial charge in [-0.15, -0.1) is 0 Å². The molecule has 16 heavy (non-hydrogen) atoms. The molecule has 86 valence electrons. The van der Waals surface area contributed by atoms with Crippen LogP contribution in [-0.2, 0) is 0 Å². The summed E-state index contributed by atoms with van der Waals surface area (Å²) in [6, 6.07) is 4.19. The third kappa shape index (κ3) is 2.27. The number of hydrogen-bond acceptors (Lipinski definition) is 3. The normalized spacial score (nSPS) is 11.2. The lowest BCUT2D eigenvalue weighted by Crippen LogP contribution is -2.42. The molecular formula is C10H13NO4Si. The predicted molar refractivity (Wildman–Crippen MR) is 63.0 cm³/mol. The zero-order chi connectivity index (χ0) is 12.5. The van der Waals surface area contributed by atoms with Gasteiger partial charge in [-0.2, -0.15) is 0 Å². The van der Waals surface area contributed by atoms with Crippen molar-refractivity contribution in [2.24, 2.45) is 0 Å². The zero-order valence-corrected chi connectivity index (χ0v) is 10.4. The van der Waals surface area contributed by atoms with Gasteiger partial charge in [0, 0.05) is 11.3 Å². The van der Waals surface area contributed by atoms with Crippen LogP contribution in [0, 0.1) is 10.1 Å². The number of nitrogens with zero attached hydrogens (tertiary/aromatic N) is 1. The molecule has 6 heteroatoms. The molecule has 0 saturated carbocycles. The van der Waals surface area contributed by atoms with E-state index in [0.29, 0.717) is 5.19 Å². The van der Waals surface area contributed by atoms with Crippen LogP contribution >= 0.6 is 0 Å². The molecule has 1 aromatic carbocycles. The maximum atomic E-state index is 11.0. The molecule has 0 saturated heterocycles. The van der Waals surface area contributed by atoms with Gasteiger partial charge in [0.25, 0.3) is 5.69 Å². The van der Waals surface area contributed by atoms with Gasteiger partial charge in [-0.25, -0.2) is 4.79 Å². The van der Waals surface area contributed by atoms with Crippen LogP contribution in [-0.4, -0.2) is 24.1 Å². The summed E-state index contributed by atoms with van der Waals surface area (Å²) >= 11 is 0. The Hall–Kier alpha value is -1.69. The number of nitro benzene ring substituents is 1. The molecule has 0 unspecified atom stereocenters. The van der Waals surface area contributed by atoms with Crippen molar-refractivity contribution in [1.29, 1.82) is 0 Å². The summed E-state index contributed by atoms with van der Waals surface area (Å²) in [5.74, 6) is -1.11. The first-order valence-electron chi connectivity index (χ1n) is 4.76. The highest BCUT2D eigenvalue weighted by Gasteiger charge is 2.31. The number of benzene rings is 1. The van der Waals surface area contributed by atoms with Crippen LogP contribution in [0.2, 0.25) is 19.6 Å². The highest BCUT2D eigenvalue weighted by atomic mass is 28.3. The SMILES string of the molecule is C[Si](C)(C)c1c(C(=O)O)cccc1[N+](=O)[O-]. The predicted octanol–water partition coefficient (Wildman–Crippen LogP) is 1.84. The van der Waals surface area contributed by atoms with Gasteiger partial charge in [-0.1, -0.05) is 25.7 Å². The second-order valence-corrected chi connectivity index (χ2v) is 9.51. The van der Waals surface area contributed by atoms with Crippen LogP contribution < -0.4 is 5.19 Å². The summed E-state index contributed by atoms with van der Waals surface area (Å²) in [4.78, 5) is 21.4. The summed E-state index contributed by atoms with van der Waals surface area (Å²) in [6.45, 7) is 5.67. The van der Waals surface area contributed by atoms with Gasteiger partial charge in [0.1, 0.15) is 0 Å². The molecule has 0 aliphatic heterocycles. The third-order valence-electron chi connectivity index (χ3n) is 2.22. The van der Waals surface area contributed by atoms with Crippen LogP contribution in [0.1, 0.15) is 10.4 Å². The van der Waals surface area contributed by atoms with E-state index in [9.17, 15) is 14.9 Å². The smallest absolute Gasteiger partial charge is 0.335 e. The van der Waals surface area contributed by atoms with E-state index >= 15 is 0 Å². The molecule has 1 aromatic rings. The minimum absolute atomic E-state index is 0.0494. The Bertz CT molecular complexity index is 418. The molecule has 5 nitrogen and oxygen atoms in total. The van der Waals surface area contributed by atoms with Crippen LogP contribution in [0.15, 0.2) is 18.2 Å². The van der Waals surface area contributed by atoms with Crippen molar-refractivity contribution in [2.75, 3.05) is 0 Å². The lowest BCUT2D eigenvalue weighted by Gasteiger charge is -2.18. The molecule has 1 rings (SSSR count). The summed E-state index contributed by atoms with van der Waals surface area (Å²) in [5, 5.41) is 20.3. The largest absolute Gasteiger partial charge is 0.478 e. The fraction of sp³-hybridized carbons (Fsp3) is 0.300. The van der Waals surface area contributed by atoms with E-state index in [1.165, 1.54) is 18.2 Å². The number of hydrogen-bond donors (Lipinski definition) is 1. The highest BCUT2D eigenvalue weighted by Crippen LogP contribution is 2.17. The van der Waals surface area contributed by atoms with Crippen molar-refractivity contribution in [1.82, 2.24) is 0 Å². The minimum Gasteiger partial charge on any atom is -0.478 e. The van der Waals surface area contributed by atoms with Crippen molar-refractivity contribution >= 4 is 24.9 Å². The number of rotatable bonds is 3. The lowest BCUT2D eigenvalue weighted by molar-refractivity contribution is -0.383. The molecule has 0 aromatic heterocycles. The Balaban J connectivity index is 3.60. The number of carboxylic acids is 1. The highest BCUT2D eigenvalue weighted by molar-refractivity contribution is 6.90. The number of carboxylic acid groups (broad SMARTS) is 1. The number of nitro groups is 1. The monoisotopic (exact) mass is 239 g/mol. The first-order chi connectivity index (χ1) is 7.25. The van der Waals surface area contributed by atoms with Gasteiger partial charge >= 0.3 is 5.97 Å². The standard InChI is InChI=1S/C10H13NO4Si/c1-16(2,3)9-7(10(12)13)5-4-6-8(9)11(14)15/h4-6H,1-3H3,(H,12,13). The first kappa shape index (κ1) is 12.4. The molecule has 0 fully saturated rings. The van der Waals surface area contributed by atoms with Gasteiger partial charge in [0.05, 0.1) is 18.6 Å². The van der Waals surface area contributed by atoms with Gasteiger partial charge in [-0.3, -0.25) is 10.1 Å². The van der Waals surface area contributed by atoms with Gasteiger partial charge < -0.3 is 5.11 Å². The second kappa shape index (κ2) is 4.05. The van der Waals surface area contributed by atoms with E-state index in [1.54, 1.807) is 0 Å².